The van der Waals surface area contributed by atoms with E-state index in [1.165, 1.54) is 18.3 Å². The number of nitrogens with zero attached hydrogens (tertiary/aromatic N) is 2. The van der Waals surface area contributed by atoms with Gasteiger partial charge < -0.3 is 11.1 Å². The van der Waals surface area contributed by atoms with Gasteiger partial charge in [0, 0.05) is 5.69 Å². The molecule has 5 nitrogen and oxygen atoms in total. The number of carbonyl (C=O) groups is 1. The molecule has 7 heteroatoms. The summed E-state index contributed by atoms with van der Waals surface area (Å²) in [6, 6.07) is 4.06. The maximum absolute atomic E-state index is 13.1. The molecule has 0 unspecified atom stereocenters. The first kappa shape index (κ1) is 10.5. The average molecular weight is 238 g/mol. The molecule has 0 aliphatic carbocycles. The topological polar surface area (TPSA) is 80.9 Å². The van der Waals surface area contributed by atoms with Gasteiger partial charge in [-0.05, 0) is 29.7 Å². The molecule has 2 aromatic rings. The minimum absolute atomic E-state index is 0.0393. The van der Waals surface area contributed by atoms with Crippen molar-refractivity contribution in [2.24, 2.45) is 0 Å². The molecule has 0 radical (unpaired) electrons. The van der Waals surface area contributed by atoms with E-state index < -0.39 is 5.82 Å². The summed E-state index contributed by atoms with van der Waals surface area (Å²) in [5.74, 6) is -0.945. The molecule has 3 N–H and O–H groups in total. The van der Waals surface area contributed by atoms with Gasteiger partial charge in [0.25, 0.3) is 5.91 Å². The lowest BCUT2D eigenvalue weighted by molar-refractivity contribution is 0.103. The Bertz CT molecular complexity index is 514. The van der Waals surface area contributed by atoms with Crippen LogP contribution in [-0.2, 0) is 0 Å². The number of hydrogen-bond donors (Lipinski definition) is 2. The van der Waals surface area contributed by atoms with Gasteiger partial charge in [-0.25, -0.2) is 4.39 Å². The zero-order valence-electron chi connectivity index (χ0n) is 7.98. The lowest BCUT2D eigenvalue weighted by atomic mass is 10.2. The van der Waals surface area contributed by atoms with Gasteiger partial charge in [0.1, 0.15) is 10.7 Å². The molecule has 0 saturated carbocycles. The van der Waals surface area contributed by atoms with Crippen LogP contribution in [0, 0.1) is 5.82 Å². The van der Waals surface area contributed by atoms with Crippen LogP contribution in [0.4, 0.5) is 15.8 Å². The predicted octanol–water partition coefficient (Wildman–Crippen LogP) is 1.51. The van der Waals surface area contributed by atoms with Crippen molar-refractivity contribution in [2.45, 2.75) is 0 Å². The largest absolute Gasteiger partial charge is 0.396 e. The Balaban J connectivity index is 2.15. The number of benzene rings is 1. The Labute approximate surface area is 94.3 Å². The first-order chi connectivity index (χ1) is 7.66. The first-order valence-electron chi connectivity index (χ1n) is 4.30. The van der Waals surface area contributed by atoms with Crippen LogP contribution in [0.3, 0.4) is 0 Å². The van der Waals surface area contributed by atoms with Crippen LogP contribution in [-0.4, -0.2) is 15.5 Å². The van der Waals surface area contributed by atoms with Crippen molar-refractivity contribution < 1.29 is 9.18 Å². The maximum atomic E-state index is 13.1. The van der Waals surface area contributed by atoms with Gasteiger partial charge in [-0.3, -0.25) is 4.79 Å². The van der Waals surface area contributed by atoms with Crippen molar-refractivity contribution in [1.29, 1.82) is 0 Å². The Kier molecular flexibility index (Phi) is 2.78. The second kappa shape index (κ2) is 4.23. The number of anilines is 2. The average Bonchev–Trinajstić information content (AvgIpc) is 2.77. The number of amides is 1. The molecule has 0 aliphatic rings. The number of aromatic nitrogens is 2. The molecule has 1 heterocycles. The van der Waals surface area contributed by atoms with Crippen molar-refractivity contribution in [1.82, 2.24) is 9.59 Å². The molecule has 0 spiro atoms. The summed E-state index contributed by atoms with van der Waals surface area (Å²) in [6.07, 6.45) is 1.34. The summed E-state index contributed by atoms with van der Waals surface area (Å²) in [7, 11) is 0. The first-order valence-corrected chi connectivity index (χ1v) is 5.08. The van der Waals surface area contributed by atoms with Crippen LogP contribution >= 0.6 is 11.5 Å². The fourth-order valence-corrected chi connectivity index (χ4v) is 1.48. The molecule has 16 heavy (non-hydrogen) atoms. The summed E-state index contributed by atoms with van der Waals surface area (Å²) in [5, 5.41) is 6.04. The summed E-state index contributed by atoms with van der Waals surface area (Å²) >= 11 is 0.966. The lowest BCUT2D eigenvalue weighted by Crippen LogP contribution is -2.10. The van der Waals surface area contributed by atoms with E-state index in [4.69, 9.17) is 5.73 Å². The highest BCUT2D eigenvalue weighted by atomic mass is 32.1. The fraction of sp³-hybridized carbons (Fsp3) is 0. The van der Waals surface area contributed by atoms with Crippen LogP contribution in [0.15, 0.2) is 24.4 Å². The molecule has 2 rings (SSSR count). The van der Waals surface area contributed by atoms with E-state index in [1.807, 2.05) is 0 Å². The highest BCUT2D eigenvalue weighted by molar-refractivity contribution is 7.07. The van der Waals surface area contributed by atoms with Gasteiger partial charge in [-0.15, -0.1) is 5.10 Å². The number of hydrogen-bond acceptors (Lipinski definition) is 5. The number of nitrogens with one attached hydrogen (secondary N) is 1. The van der Waals surface area contributed by atoms with Crippen LogP contribution in [0.25, 0.3) is 0 Å². The van der Waals surface area contributed by atoms with Crippen LogP contribution in [0.5, 0.6) is 0 Å². The standard InChI is InChI=1S/C9H7FN4OS/c10-6-3-5(1-2-7(6)11)13-9(15)8-4-12-14-16-8/h1-4H,11H2,(H,13,15). The fourth-order valence-electron chi connectivity index (χ4n) is 1.06. The molecule has 0 aliphatic heterocycles. The van der Waals surface area contributed by atoms with Crippen LogP contribution < -0.4 is 11.1 Å². The van der Waals surface area contributed by atoms with Gasteiger partial charge in [0.15, 0.2) is 0 Å². The number of carbonyl (C=O) groups excluding carboxylic acids is 1. The molecule has 82 valence electrons. The van der Waals surface area contributed by atoms with Crippen molar-refractivity contribution in [3.63, 3.8) is 0 Å². The van der Waals surface area contributed by atoms with Crippen molar-refractivity contribution >= 4 is 28.8 Å². The molecule has 1 amide bonds. The number of rotatable bonds is 2. The van der Waals surface area contributed by atoms with E-state index in [0.29, 0.717) is 10.6 Å². The molecule has 0 saturated heterocycles. The highest BCUT2D eigenvalue weighted by Gasteiger charge is 2.09. The highest BCUT2D eigenvalue weighted by Crippen LogP contribution is 2.17. The third kappa shape index (κ3) is 2.14. The van der Waals surface area contributed by atoms with Crippen LogP contribution in [0.2, 0.25) is 0 Å². The molecule has 0 atom stereocenters. The van der Waals surface area contributed by atoms with Gasteiger partial charge in [-0.1, -0.05) is 4.49 Å². The second-order valence-electron chi connectivity index (χ2n) is 2.97. The monoisotopic (exact) mass is 238 g/mol. The maximum Gasteiger partial charge on any atom is 0.269 e. The number of nitrogen functional groups attached to an aromatic ring is 1. The predicted molar refractivity (Wildman–Crippen MR) is 58.7 cm³/mol. The zero-order valence-corrected chi connectivity index (χ0v) is 8.79. The van der Waals surface area contributed by atoms with E-state index in [9.17, 15) is 9.18 Å². The Hall–Kier alpha value is -2.02. The number of halogens is 1. The van der Waals surface area contributed by atoms with E-state index >= 15 is 0 Å². The summed E-state index contributed by atoms with van der Waals surface area (Å²) in [4.78, 5) is 11.9. The van der Waals surface area contributed by atoms with Crippen LogP contribution in [0.1, 0.15) is 9.67 Å². The number of nitrogens with two attached hydrogens (primary N) is 1. The van der Waals surface area contributed by atoms with Gasteiger partial charge >= 0.3 is 0 Å². The lowest BCUT2D eigenvalue weighted by Gasteiger charge is -2.03. The van der Waals surface area contributed by atoms with E-state index in [1.54, 1.807) is 0 Å². The summed E-state index contributed by atoms with van der Waals surface area (Å²) < 4.78 is 16.6. The van der Waals surface area contributed by atoms with Gasteiger partial charge in [-0.2, -0.15) is 0 Å². The van der Waals surface area contributed by atoms with Gasteiger partial charge in [0.2, 0.25) is 0 Å². The normalized spacial score (nSPS) is 10.1. The van der Waals surface area contributed by atoms with Gasteiger partial charge in [0.05, 0.1) is 11.9 Å². The zero-order chi connectivity index (χ0) is 11.5. The van der Waals surface area contributed by atoms with E-state index in [2.05, 4.69) is 14.9 Å². The van der Waals surface area contributed by atoms with E-state index in [0.717, 1.165) is 17.6 Å². The molecule has 1 aromatic carbocycles. The second-order valence-corrected chi connectivity index (χ2v) is 3.76. The molecular formula is C9H7FN4OS. The Morgan fingerprint density at radius 1 is 1.50 bits per heavy atom. The molecule has 1 aromatic heterocycles. The van der Waals surface area contributed by atoms with E-state index in [-0.39, 0.29) is 11.6 Å². The molecule has 0 bridgehead atoms. The third-order valence-electron chi connectivity index (χ3n) is 1.84. The minimum atomic E-state index is -0.569. The molecule has 0 fully saturated rings. The smallest absolute Gasteiger partial charge is 0.269 e. The third-order valence-corrected chi connectivity index (χ3v) is 2.51. The Morgan fingerprint density at radius 3 is 2.94 bits per heavy atom. The SMILES string of the molecule is Nc1ccc(NC(=O)c2cnns2)cc1F. The van der Waals surface area contributed by atoms with Crippen molar-refractivity contribution in [3.8, 4) is 0 Å². The summed E-state index contributed by atoms with van der Waals surface area (Å²) in [5.41, 5.74) is 5.69. The quantitative estimate of drug-likeness (QED) is 0.777. The van der Waals surface area contributed by atoms with Crippen molar-refractivity contribution in [3.05, 3.63) is 35.1 Å². The Morgan fingerprint density at radius 2 is 2.31 bits per heavy atom. The van der Waals surface area contributed by atoms with Crippen molar-refractivity contribution in [2.75, 3.05) is 11.1 Å². The summed E-state index contributed by atoms with van der Waals surface area (Å²) in [6.45, 7) is 0. The minimum Gasteiger partial charge on any atom is -0.396 e. The molecular weight excluding hydrogens is 231 g/mol.